The number of rotatable bonds is 7. The summed E-state index contributed by atoms with van der Waals surface area (Å²) in [4.78, 5) is 40.1. The first-order valence-corrected chi connectivity index (χ1v) is 11.8. The Kier molecular flexibility index (Phi) is 9.00. The molecule has 2 heterocycles. The van der Waals surface area contributed by atoms with Gasteiger partial charge in [0.1, 0.15) is 0 Å². The van der Waals surface area contributed by atoms with Gasteiger partial charge in [-0.3, -0.25) is 9.79 Å². The van der Waals surface area contributed by atoms with Crippen LogP contribution in [0.4, 0.5) is 0 Å². The average Bonchev–Trinajstić information content (AvgIpc) is 2.85. The van der Waals surface area contributed by atoms with Crippen molar-refractivity contribution in [3.05, 3.63) is 51.7 Å². The van der Waals surface area contributed by atoms with Crippen molar-refractivity contribution in [2.75, 3.05) is 13.7 Å². The molecule has 0 radical (unpaired) electrons. The number of aliphatic imine (C=N–C) groups is 1. The van der Waals surface area contributed by atoms with Crippen molar-refractivity contribution in [1.29, 1.82) is 0 Å². The lowest BCUT2D eigenvalue weighted by atomic mass is 9.74. The van der Waals surface area contributed by atoms with E-state index in [-0.39, 0.29) is 23.8 Å². The Morgan fingerprint density at radius 3 is 2.51 bits per heavy atom. The predicted molar refractivity (Wildman–Crippen MR) is 132 cm³/mol. The highest BCUT2D eigenvalue weighted by Gasteiger charge is 2.37. The quantitative estimate of drug-likeness (QED) is 0.413. The zero-order chi connectivity index (χ0) is 27.3. The Bertz CT molecular complexity index is 1240. The highest BCUT2D eigenvalue weighted by atomic mass is 16.5. The van der Waals surface area contributed by atoms with E-state index in [1.807, 2.05) is 19.1 Å². The van der Waals surface area contributed by atoms with Crippen LogP contribution in [0.25, 0.3) is 0 Å². The van der Waals surface area contributed by atoms with E-state index in [0.717, 1.165) is 35.2 Å². The number of aliphatic hydroxyl groups is 2. The second-order valence-corrected chi connectivity index (χ2v) is 8.83. The van der Waals surface area contributed by atoms with E-state index in [4.69, 9.17) is 29.8 Å². The number of fused-ring (bicyclic) bond motifs is 3. The van der Waals surface area contributed by atoms with Crippen LogP contribution < -0.4 is 15.2 Å². The number of aryl methyl sites for hydroxylation is 1. The number of carbonyl (C=O) groups is 2. The molecule has 0 amide bonds. The number of aliphatic carboxylic acids is 2. The number of benzene rings is 1. The summed E-state index contributed by atoms with van der Waals surface area (Å²) >= 11 is 0. The van der Waals surface area contributed by atoms with Crippen molar-refractivity contribution < 1.29 is 39.5 Å². The molecule has 37 heavy (non-hydrogen) atoms. The molecule has 1 aromatic carbocycles. The zero-order valence-electron chi connectivity index (χ0n) is 20.8. The molecule has 1 aliphatic carbocycles. The Hall–Kier alpha value is -3.77. The maximum atomic E-state index is 11.7. The number of aliphatic hydroxyl groups excluding tert-OH is 2. The summed E-state index contributed by atoms with van der Waals surface area (Å²) in [6.07, 6.45) is 2.72. The van der Waals surface area contributed by atoms with Crippen LogP contribution in [0, 0.1) is 0 Å². The van der Waals surface area contributed by atoms with Crippen LogP contribution in [0.5, 0.6) is 11.5 Å². The third-order valence-electron chi connectivity index (χ3n) is 6.25. The molecule has 4 rings (SSSR count). The Labute approximate surface area is 212 Å². The molecule has 4 atom stereocenters. The van der Waals surface area contributed by atoms with Crippen LogP contribution in [0.3, 0.4) is 0 Å². The van der Waals surface area contributed by atoms with Gasteiger partial charge in [0.15, 0.2) is 17.6 Å². The van der Waals surface area contributed by atoms with Crippen LogP contribution >= 0.6 is 0 Å². The van der Waals surface area contributed by atoms with E-state index in [1.54, 1.807) is 26.6 Å². The van der Waals surface area contributed by atoms with Crippen LogP contribution in [0.15, 0.2) is 34.3 Å². The fourth-order valence-electron chi connectivity index (χ4n) is 4.49. The van der Waals surface area contributed by atoms with Gasteiger partial charge < -0.3 is 34.5 Å². The number of methoxy groups -OCH3 is 1. The van der Waals surface area contributed by atoms with Gasteiger partial charge in [-0.1, -0.05) is 0 Å². The molecule has 1 aromatic heterocycles. The van der Waals surface area contributed by atoms with Crippen molar-refractivity contribution in [1.82, 2.24) is 9.55 Å². The second-order valence-electron chi connectivity index (χ2n) is 8.83. The average molecular weight is 518 g/mol. The molecule has 12 heteroatoms. The van der Waals surface area contributed by atoms with Crippen LogP contribution in [-0.4, -0.2) is 79.6 Å². The van der Waals surface area contributed by atoms with E-state index >= 15 is 0 Å². The minimum atomic E-state index is -1.79. The molecule has 2 aliphatic rings. The fraction of sp³-hybridized carbons (Fsp3) is 0.480. The number of carboxylic acid groups (broad SMARTS) is 2. The molecular formula is C25H31N3O9. The molecule has 1 fully saturated rings. The van der Waals surface area contributed by atoms with Crippen molar-refractivity contribution in [3.8, 4) is 11.5 Å². The molecule has 1 saturated carbocycles. The SMILES string of the molecule is CCOc1cc2c(cc1OC)C(c1cnc(=O)n(C)c1)=N[C@@H]1CC[C@@H](O)C[C@H]21.O=C(O)CC(O)C(=O)O. The maximum absolute atomic E-state index is 11.7. The molecule has 0 saturated heterocycles. The number of ether oxygens (including phenoxy) is 2. The van der Waals surface area contributed by atoms with Gasteiger partial charge in [0.05, 0.1) is 38.0 Å². The van der Waals surface area contributed by atoms with E-state index in [9.17, 15) is 19.5 Å². The number of hydrogen-bond donors (Lipinski definition) is 4. The van der Waals surface area contributed by atoms with Crippen LogP contribution in [0.2, 0.25) is 0 Å². The monoisotopic (exact) mass is 517 g/mol. The minimum absolute atomic E-state index is 0.0889. The first-order chi connectivity index (χ1) is 17.5. The Morgan fingerprint density at radius 1 is 1.22 bits per heavy atom. The maximum Gasteiger partial charge on any atom is 0.347 e. The second kappa shape index (κ2) is 12.0. The third kappa shape index (κ3) is 6.52. The van der Waals surface area contributed by atoms with Crippen LogP contribution in [0.1, 0.15) is 55.2 Å². The van der Waals surface area contributed by atoms with E-state index in [0.29, 0.717) is 24.5 Å². The lowest BCUT2D eigenvalue weighted by Crippen LogP contribution is -2.34. The minimum Gasteiger partial charge on any atom is -0.493 e. The van der Waals surface area contributed by atoms with Gasteiger partial charge in [0.25, 0.3) is 0 Å². The van der Waals surface area contributed by atoms with Gasteiger partial charge in [0, 0.05) is 36.5 Å². The summed E-state index contributed by atoms with van der Waals surface area (Å²) < 4.78 is 12.8. The lowest BCUT2D eigenvalue weighted by Gasteiger charge is -2.37. The molecular weight excluding hydrogens is 486 g/mol. The van der Waals surface area contributed by atoms with E-state index in [2.05, 4.69) is 4.98 Å². The number of nitrogens with zero attached hydrogens (tertiary/aromatic N) is 3. The molecule has 1 unspecified atom stereocenters. The summed E-state index contributed by atoms with van der Waals surface area (Å²) in [5.41, 5.74) is 3.34. The number of hydrogen-bond acceptors (Lipinski definition) is 9. The molecule has 0 bridgehead atoms. The summed E-state index contributed by atoms with van der Waals surface area (Å²) in [5, 5.41) is 34.4. The van der Waals surface area contributed by atoms with Crippen molar-refractivity contribution in [2.45, 2.75) is 56.8 Å². The van der Waals surface area contributed by atoms with E-state index < -0.39 is 24.5 Å². The zero-order valence-corrected chi connectivity index (χ0v) is 20.8. The molecule has 2 aromatic rings. The predicted octanol–water partition coefficient (Wildman–Crippen LogP) is 0.942. The molecule has 12 nitrogen and oxygen atoms in total. The van der Waals surface area contributed by atoms with Crippen molar-refractivity contribution >= 4 is 17.7 Å². The summed E-state index contributed by atoms with van der Waals surface area (Å²) in [6, 6.07) is 4.06. The van der Waals surface area contributed by atoms with Crippen LogP contribution in [-0.2, 0) is 16.6 Å². The first kappa shape index (κ1) is 27.8. The van der Waals surface area contributed by atoms with Crippen molar-refractivity contribution in [2.24, 2.45) is 12.0 Å². The van der Waals surface area contributed by atoms with Gasteiger partial charge >= 0.3 is 17.6 Å². The fourth-order valence-corrected chi connectivity index (χ4v) is 4.49. The summed E-state index contributed by atoms with van der Waals surface area (Å²) in [5.74, 6) is -1.38. The van der Waals surface area contributed by atoms with Gasteiger partial charge in [0.2, 0.25) is 0 Å². The third-order valence-corrected chi connectivity index (χ3v) is 6.25. The van der Waals surface area contributed by atoms with Gasteiger partial charge in [-0.05, 0) is 43.9 Å². The highest BCUT2D eigenvalue weighted by molar-refractivity contribution is 6.14. The smallest absolute Gasteiger partial charge is 0.347 e. The normalized spacial score (nSPS) is 20.8. The number of carboxylic acids is 2. The largest absolute Gasteiger partial charge is 0.493 e. The van der Waals surface area contributed by atoms with E-state index in [1.165, 1.54) is 4.57 Å². The summed E-state index contributed by atoms with van der Waals surface area (Å²) in [7, 11) is 3.30. The molecule has 0 spiro atoms. The standard InChI is InChI=1S/C21H25N3O4.C4H6O5/c1-4-28-19-8-14-15-7-13(25)5-6-17(15)23-20(16(14)9-18(19)27-3)12-10-22-21(26)24(2)11-12;5-2(4(8)9)1-3(6)7/h8-11,13,15,17,25H,4-7H2,1-3H3;2,5H,1H2,(H,6,7)(H,8,9)/t13-,15-,17-;/m1./s1. The van der Waals surface area contributed by atoms with Gasteiger partial charge in [-0.25, -0.2) is 14.6 Å². The molecule has 200 valence electrons. The molecule has 4 N–H and O–H groups in total. The topological polar surface area (TPSA) is 181 Å². The van der Waals surface area contributed by atoms with Gasteiger partial charge in [-0.15, -0.1) is 0 Å². The summed E-state index contributed by atoms with van der Waals surface area (Å²) in [6.45, 7) is 2.48. The molecule has 1 aliphatic heterocycles. The Balaban J connectivity index is 0.000000364. The van der Waals surface area contributed by atoms with Crippen molar-refractivity contribution in [3.63, 3.8) is 0 Å². The highest BCUT2D eigenvalue weighted by Crippen LogP contribution is 2.44. The number of aromatic nitrogens is 2. The lowest BCUT2D eigenvalue weighted by molar-refractivity contribution is -0.152. The first-order valence-electron chi connectivity index (χ1n) is 11.8. The Morgan fingerprint density at radius 2 is 1.95 bits per heavy atom. The van der Waals surface area contributed by atoms with Gasteiger partial charge in [-0.2, -0.15) is 0 Å².